The lowest BCUT2D eigenvalue weighted by Gasteiger charge is -2.29. The van der Waals surface area contributed by atoms with E-state index in [4.69, 9.17) is 0 Å². The second-order valence-corrected chi connectivity index (χ2v) is 6.89. The molecule has 0 N–H and O–H groups in total. The molecule has 88 valence electrons. The second kappa shape index (κ2) is 6.85. The average Bonchev–Trinajstić information content (AvgIpc) is 2.28. The Morgan fingerprint density at radius 1 is 1.33 bits per heavy atom. The molecular weight excluding hydrogens is 224 g/mol. The Morgan fingerprint density at radius 3 is 2.60 bits per heavy atom. The summed E-state index contributed by atoms with van der Waals surface area (Å²) in [4.78, 5) is 12.1. The first kappa shape index (κ1) is 13.4. The monoisotopic (exact) mass is 246 g/mol. The Labute approximate surface area is 102 Å². The van der Waals surface area contributed by atoms with Crippen molar-refractivity contribution < 1.29 is 4.79 Å². The molecule has 3 unspecified atom stereocenters. The van der Waals surface area contributed by atoms with Crippen molar-refractivity contribution in [2.45, 2.75) is 50.5 Å². The molecule has 1 nitrogen and oxygen atoms in total. The molecule has 1 rings (SSSR count). The van der Waals surface area contributed by atoms with Crippen LogP contribution in [-0.4, -0.2) is 27.8 Å². The molecule has 0 bridgehead atoms. The fourth-order valence-electron chi connectivity index (χ4n) is 1.81. The Balaban J connectivity index is 2.48. The van der Waals surface area contributed by atoms with Crippen LogP contribution >= 0.6 is 23.5 Å². The molecule has 0 aromatic carbocycles. The van der Waals surface area contributed by atoms with Crippen LogP contribution < -0.4 is 0 Å². The van der Waals surface area contributed by atoms with Gasteiger partial charge in [-0.1, -0.05) is 27.2 Å². The zero-order valence-corrected chi connectivity index (χ0v) is 11.6. The highest BCUT2D eigenvalue weighted by molar-refractivity contribution is 8.07. The highest BCUT2D eigenvalue weighted by atomic mass is 32.2. The van der Waals surface area contributed by atoms with Gasteiger partial charge in [0.05, 0.1) is 5.25 Å². The van der Waals surface area contributed by atoms with Gasteiger partial charge in [-0.15, -0.1) is 11.8 Å². The highest BCUT2D eigenvalue weighted by Gasteiger charge is 2.30. The Hall–Kier alpha value is 0.370. The lowest BCUT2D eigenvalue weighted by Crippen LogP contribution is -2.33. The molecule has 3 heteroatoms. The number of Topliss-reactive ketones (excluding diaryl/α,β-unsaturated/α-hetero) is 1. The van der Waals surface area contributed by atoms with Gasteiger partial charge in [0.2, 0.25) is 0 Å². The van der Waals surface area contributed by atoms with E-state index in [1.807, 2.05) is 23.5 Å². The average molecular weight is 246 g/mol. The van der Waals surface area contributed by atoms with Crippen LogP contribution in [0.4, 0.5) is 0 Å². The van der Waals surface area contributed by atoms with E-state index in [2.05, 4.69) is 20.8 Å². The molecule has 1 aliphatic heterocycles. The quantitative estimate of drug-likeness (QED) is 0.737. The van der Waals surface area contributed by atoms with Crippen LogP contribution in [-0.2, 0) is 4.79 Å². The van der Waals surface area contributed by atoms with E-state index in [0.29, 0.717) is 17.0 Å². The van der Waals surface area contributed by atoms with Gasteiger partial charge >= 0.3 is 0 Å². The molecule has 1 saturated heterocycles. The Morgan fingerprint density at radius 2 is 2.00 bits per heavy atom. The van der Waals surface area contributed by atoms with E-state index in [-0.39, 0.29) is 5.25 Å². The second-order valence-electron chi connectivity index (χ2n) is 4.29. The summed E-state index contributed by atoms with van der Waals surface area (Å²) in [7, 11) is 0. The third-order valence-corrected chi connectivity index (χ3v) is 6.31. The minimum absolute atomic E-state index is 0.280. The maximum atomic E-state index is 12.1. The molecule has 0 radical (unpaired) electrons. The van der Waals surface area contributed by atoms with Crippen molar-refractivity contribution in [3.8, 4) is 0 Å². The van der Waals surface area contributed by atoms with E-state index < -0.39 is 0 Å². The van der Waals surface area contributed by atoms with Gasteiger partial charge in [0.15, 0.2) is 0 Å². The van der Waals surface area contributed by atoms with Crippen molar-refractivity contribution in [3.63, 3.8) is 0 Å². The molecule has 0 amide bonds. The minimum atomic E-state index is 0.280. The molecular formula is C12H22OS2. The fraction of sp³-hybridized carbons (Fsp3) is 0.917. The van der Waals surface area contributed by atoms with E-state index in [1.165, 1.54) is 5.75 Å². The first-order valence-corrected chi connectivity index (χ1v) is 8.04. The fourth-order valence-corrected chi connectivity index (χ4v) is 4.85. The van der Waals surface area contributed by atoms with E-state index in [1.54, 1.807) is 0 Å². The van der Waals surface area contributed by atoms with Crippen molar-refractivity contribution in [1.82, 2.24) is 0 Å². The maximum Gasteiger partial charge on any atom is 0.147 e. The summed E-state index contributed by atoms with van der Waals surface area (Å²) in [5.41, 5.74) is 0. The third-order valence-electron chi connectivity index (χ3n) is 3.02. The van der Waals surface area contributed by atoms with Crippen LogP contribution in [0.15, 0.2) is 0 Å². The van der Waals surface area contributed by atoms with Crippen LogP contribution in [0.5, 0.6) is 0 Å². The van der Waals surface area contributed by atoms with Crippen molar-refractivity contribution in [2.75, 3.05) is 11.5 Å². The summed E-state index contributed by atoms with van der Waals surface area (Å²) in [5, 5.41) is 0.850. The first-order valence-electron chi connectivity index (χ1n) is 5.94. The van der Waals surface area contributed by atoms with Crippen molar-refractivity contribution in [2.24, 2.45) is 5.92 Å². The van der Waals surface area contributed by atoms with Crippen molar-refractivity contribution >= 4 is 29.3 Å². The number of carbonyl (C=O) groups is 1. The van der Waals surface area contributed by atoms with Crippen molar-refractivity contribution in [1.29, 1.82) is 0 Å². The summed E-state index contributed by atoms with van der Waals surface area (Å²) < 4.78 is 0. The molecule has 1 aliphatic rings. The summed E-state index contributed by atoms with van der Waals surface area (Å²) in [6.45, 7) is 6.55. The maximum absolute atomic E-state index is 12.1. The van der Waals surface area contributed by atoms with Gasteiger partial charge in [0, 0.05) is 23.2 Å². The van der Waals surface area contributed by atoms with Crippen LogP contribution in [0.3, 0.4) is 0 Å². The number of ketones is 1. The van der Waals surface area contributed by atoms with Crippen LogP contribution in [0.2, 0.25) is 0 Å². The SMILES string of the molecule is CCC(C)CC(=O)C1SCCSC1CC. The molecule has 15 heavy (non-hydrogen) atoms. The minimum Gasteiger partial charge on any atom is -0.298 e. The lowest BCUT2D eigenvalue weighted by atomic mass is 9.99. The smallest absolute Gasteiger partial charge is 0.147 e. The standard InChI is InChI=1S/C12H22OS2/c1-4-9(3)8-10(13)12-11(5-2)14-6-7-15-12/h9,11-12H,4-8H2,1-3H3. The number of carbonyl (C=O) groups excluding carboxylic acids is 1. The molecule has 0 aliphatic carbocycles. The topological polar surface area (TPSA) is 17.1 Å². The largest absolute Gasteiger partial charge is 0.298 e. The van der Waals surface area contributed by atoms with Gasteiger partial charge in [-0.25, -0.2) is 0 Å². The van der Waals surface area contributed by atoms with Gasteiger partial charge in [-0.2, -0.15) is 11.8 Å². The summed E-state index contributed by atoms with van der Waals surface area (Å²) in [5.74, 6) is 3.42. The summed E-state index contributed by atoms with van der Waals surface area (Å²) in [6.07, 6.45) is 3.03. The van der Waals surface area contributed by atoms with Gasteiger partial charge in [-0.3, -0.25) is 4.79 Å². The summed E-state index contributed by atoms with van der Waals surface area (Å²) >= 11 is 3.88. The van der Waals surface area contributed by atoms with E-state index in [9.17, 15) is 4.79 Å². The van der Waals surface area contributed by atoms with Gasteiger partial charge in [-0.05, 0) is 12.3 Å². The number of thioether (sulfide) groups is 2. The first-order chi connectivity index (χ1) is 7.19. The third kappa shape index (κ3) is 4.03. The van der Waals surface area contributed by atoms with Gasteiger partial charge < -0.3 is 0 Å². The molecule has 3 atom stereocenters. The Bertz CT molecular complexity index is 206. The zero-order valence-electron chi connectivity index (χ0n) is 9.99. The molecule has 0 aromatic heterocycles. The van der Waals surface area contributed by atoms with Crippen molar-refractivity contribution in [3.05, 3.63) is 0 Å². The van der Waals surface area contributed by atoms with Crippen LogP contribution in [0.1, 0.15) is 40.0 Å². The van der Waals surface area contributed by atoms with E-state index in [0.717, 1.165) is 25.0 Å². The highest BCUT2D eigenvalue weighted by Crippen LogP contribution is 2.34. The molecule has 1 heterocycles. The molecule has 0 aromatic rings. The van der Waals surface area contributed by atoms with E-state index >= 15 is 0 Å². The van der Waals surface area contributed by atoms with Gasteiger partial charge in [0.25, 0.3) is 0 Å². The predicted octanol–water partition coefficient (Wildman–Crippen LogP) is 3.62. The Kier molecular flexibility index (Phi) is 6.13. The lowest BCUT2D eigenvalue weighted by molar-refractivity contribution is -0.119. The number of hydrogen-bond donors (Lipinski definition) is 0. The molecule has 0 spiro atoms. The predicted molar refractivity (Wildman–Crippen MR) is 71.9 cm³/mol. The normalized spacial score (nSPS) is 28.7. The van der Waals surface area contributed by atoms with Crippen LogP contribution in [0, 0.1) is 5.92 Å². The summed E-state index contributed by atoms with van der Waals surface area (Å²) in [6, 6.07) is 0. The molecule has 1 fully saturated rings. The van der Waals surface area contributed by atoms with Gasteiger partial charge in [0.1, 0.15) is 5.78 Å². The van der Waals surface area contributed by atoms with Crippen LogP contribution in [0.25, 0.3) is 0 Å². The zero-order chi connectivity index (χ0) is 11.3. The molecule has 0 saturated carbocycles. The number of rotatable bonds is 5. The number of hydrogen-bond acceptors (Lipinski definition) is 3.